The maximum atomic E-state index is 11.8. The molecule has 2 atom stereocenters. The van der Waals surface area contributed by atoms with Gasteiger partial charge in [-0.15, -0.1) is 0 Å². The fraction of sp³-hybridized carbons (Fsp3) is 0.800. The number of methoxy groups -OCH3 is 1. The molecule has 1 unspecified atom stereocenters. The largest absolute Gasteiger partial charge is 0.467 e. The van der Waals surface area contributed by atoms with Crippen molar-refractivity contribution in [3.63, 3.8) is 0 Å². The van der Waals surface area contributed by atoms with Crippen LogP contribution in [0, 0.1) is 0 Å². The van der Waals surface area contributed by atoms with Crippen LogP contribution in [0.3, 0.4) is 0 Å². The molecule has 1 rings (SSSR count). The van der Waals surface area contributed by atoms with Crippen molar-refractivity contribution >= 4 is 14.3 Å². The zero-order valence-corrected chi connectivity index (χ0v) is 14.6. The van der Waals surface area contributed by atoms with Crippen molar-refractivity contribution in [3.8, 4) is 0 Å². The van der Waals surface area contributed by atoms with E-state index in [4.69, 9.17) is 9.16 Å². The van der Waals surface area contributed by atoms with Crippen LogP contribution in [0.25, 0.3) is 0 Å². The van der Waals surface area contributed by atoms with Gasteiger partial charge < -0.3 is 14.3 Å². The lowest BCUT2D eigenvalue weighted by Gasteiger charge is -2.43. The van der Waals surface area contributed by atoms with E-state index in [2.05, 4.69) is 40.4 Å². The number of rotatable bonds is 3. The van der Waals surface area contributed by atoms with Crippen molar-refractivity contribution in [1.82, 2.24) is 0 Å². The van der Waals surface area contributed by atoms with Crippen molar-refractivity contribution in [2.45, 2.75) is 69.9 Å². The molecule has 0 aromatic rings. The Kier molecular flexibility index (Phi) is 4.89. The Hall–Kier alpha value is -0.653. The fourth-order valence-electron chi connectivity index (χ4n) is 2.11. The normalized spacial score (nSPS) is 28.4. The first-order chi connectivity index (χ1) is 8.93. The van der Waals surface area contributed by atoms with Crippen molar-refractivity contribution in [1.29, 1.82) is 0 Å². The highest BCUT2D eigenvalue weighted by molar-refractivity contribution is 6.74. The predicted molar refractivity (Wildman–Crippen MR) is 82.0 cm³/mol. The fourth-order valence-corrected chi connectivity index (χ4v) is 3.43. The van der Waals surface area contributed by atoms with Gasteiger partial charge in [-0.05, 0) is 36.5 Å². The smallest absolute Gasteiger partial charge is 0.337 e. The molecule has 0 amide bonds. The maximum Gasteiger partial charge on any atom is 0.337 e. The summed E-state index contributed by atoms with van der Waals surface area (Å²) in [5, 5.41) is 10.5. The summed E-state index contributed by atoms with van der Waals surface area (Å²) in [5.74, 6) is -0.575. The van der Waals surface area contributed by atoms with E-state index < -0.39 is 19.9 Å². The van der Waals surface area contributed by atoms with E-state index in [0.29, 0.717) is 12.8 Å². The quantitative estimate of drug-likeness (QED) is 0.494. The zero-order valence-electron chi connectivity index (χ0n) is 13.6. The number of aliphatic hydroxyl groups is 1. The molecular weight excluding hydrogens is 272 g/mol. The molecule has 0 bridgehead atoms. The Balaban J connectivity index is 2.89. The summed E-state index contributed by atoms with van der Waals surface area (Å²) in [6.45, 7) is 14.9. The van der Waals surface area contributed by atoms with Crippen molar-refractivity contribution < 1.29 is 19.1 Å². The lowest BCUT2D eigenvalue weighted by molar-refractivity contribution is -0.167. The molecule has 20 heavy (non-hydrogen) atoms. The number of hydrogen-bond donors (Lipinski definition) is 1. The van der Waals surface area contributed by atoms with Crippen molar-refractivity contribution in [2.24, 2.45) is 0 Å². The topological polar surface area (TPSA) is 55.8 Å². The lowest BCUT2D eigenvalue weighted by atomic mass is 9.81. The lowest BCUT2D eigenvalue weighted by Crippen LogP contribution is -2.51. The molecule has 0 saturated heterocycles. The Labute approximate surface area is 123 Å². The molecule has 116 valence electrons. The van der Waals surface area contributed by atoms with Gasteiger partial charge in [0.1, 0.15) is 0 Å². The van der Waals surface area contributed by atoms with Gasteiger partial charge in [0.2, 0.25) is 0 Å². The molecule has 1 N–H and O–H groups in total. The summed E-state index contributed by atoms with van der Waals surface area (Å²) in [5.41, 5.74) is -0.480. The summed E-state index contributed by atoms with van der Waals surface area (Å²) >= 11 is 0. The zero-order chi connectivity index (χ0) is 15.8. The van der Waals surface area contributed by atoms with Crippen molar-refractivity contribution in [3.05, 3.63) is 12.2 Å². The second-order valence-electron chi connectivity index (χ2n) is 7.25. The van der Waals surface area contributed by atoms with Crippen LogP contribution in [0.1, 0.15) is 40.0 Å². The molecule has 5 heteroatoms. The highest BCUT2D eigenvalue weighted by Crippen LogP contribution is 2.41. The minimum absolute atomic E-state index is 0.0775. The molecule has 1 saturated carbocycles. The molecule has 0 spiro atoms. The highest BCUT2D eigenvalue weighted by Gasteiger charge is 2.47. The number of ether oxygens (including phenoxy) is 1. The molecule has 4 nitrogen and oxygen atoms in total. The van der Waals surface area contributed by atoms with Gasteiger partial charge in [-0.1, -0.05) is 27.4 Å². The first-order valence-corrected chi connectivity index (χ1v) is 10.00. The molecule has 0 aliphatic heterocycles. The molecule has 0 heterocycles. The molecular formula is C15H28O4Si. The van der Waals surface area contributed by atoms with Gasteiger partial charge >= 0.3 is 5.97 Å². The van der Waals surface area contributed by atoms with Gasteiger partial charge in [0.15, 0.2) is 13.9 Å². The average Bonchev–Trinajstić information content (AvgIpc) is 2.31. The second-order valence-corrected chi connectivity index (χ2v) is 12.0. The standard InChI is InChI=1S/C15H28O4Si/c1-11-8-9-15(17,13(16)18-5)10-12(11)19-20(6,7)14(2,3)4/h12,17H,1,8-10H2,2-7H3/t12?,15-/m0/s1. The van der Waals surface area contributed by atoms with Gasteiger partial charge in [0, 0.05) is 6.42 Å². The Bertz CT molecular complexity index is 397. The van der Waals surface area contributed by atoms with Crippen LogP contribution in [0.4, 0.5) is 0 Å². The molecule has 1 aliphatic carbocycles. The molecule has 0 radical (unpaired) electrons. The maximum absolute atomic E-state index is 11.8. The average molecular weight is 300 g/mol. The Morgan fingerprint density at radius 2 is 2.00 bits per heavy atom. The van der Waals surface area contributed by atoms with Gasteiger partial charge in [-0.2, -0.15) is 0 Å². The van der Waals surface area contributed by atoms with E-state index in [-0.39, 0.29) is 17.6 Å². The number of carbonyl (C=O) groups excluding carboxylic acids is 1. The first kappa shape index (κ1) is 17.4. The summed E-state index contributed by atoms with van der Waals surface area (Å²) in [4.78, 5) is 11.8. The van der Waals surface area contributed by atoms with Crippen LogP contribution in [0.15, 0.2) is 12.2 Å². The summed E-state index contributed by atoms with van der Waals surface area (Å²) in [7, 11) is -0.667. The second kappa shape index (κ2) is 5.62. The summed E-state index contributed by atoms with van der Waals surface area (Å²) < 4.78 is 11.0. The predicted octanol–water partition coefficient (Wildman–Crippen LogP) is 3.02. The summed E-state index contributed by atoms with van der Waals surface area (Å²) in [6, 6.07) is 0. The van der Waals surface area contributed by atoms with E-state index >= 15 is 0 Å². The monoisotopic (exact) mass is 300 g/mol. The third-order valence-corrected chi connectivity index (χ3v) is 9.13. The van der Waals surface area contributed by atoms with Crippen LogP contribution >= 0.6 is 0 Å². The third kappa shape index (κ3) is 3.51. The first-order valence-electron chi connectivity index (χ1n) is 7.09. The molecule has 1 aliphatic rings. The van der Waals surface area contributed by atoms with Crippen LogP contribution < -0.4 is 0 Å². The molecule has 1 fully saturated rings. The van der Waals surface area contributed by atoms with E-state index in [9.17, 15) is 9.90 Å². The van der Waals surface area contributed by atoms with Gasteiger partial charge in [0.25, 0.3) is 0 Å². The SMILES string of the molecule is C=C1CC[C@@](O)(C(=O)OC)CC1O[Si](C)(C)C(C)(C)C. The highest BCUT2D eigenvalue weighted by atomic mass is 28.4. The van der Waals surface area contributed by atoms with E-state index in [0.717, 1.165) is 5.57 Å². The number of esters is 1. The van der Waals surface area contributed by atoms with Crippen LogP contribution in [0.2, 0.25) is 18.1 Å². The van der Waals surface area contributed by atoms with Gasteiger partial charge in [0.05, 0.1) is 13.2 Å². The number of hydrogen-bond acceptors (Lipinski definition) is 4. The van der Waals surface area contributed by atoms with Gasteiger partial charge in [-0.25, -0.2) is 4.79 Å². The van der Waals surface area contributed by atoms with Crippen LogP contribution in [-0.2, 0) is 14.0 Å². The Morgan fingerprint density at radius 1 is 1.45 bits per heavy atom. The third-order valence-electron chi connectivity index (χ3n) is 4.65. The molecule has 0 aromatic carbocycles. The van der Waals surface area contributed by atoms with Crippen molar-refractivity contribution in [2.75, 3.05) is 7.11 Å². The van der Waals surface area contributed by atoms with E-state index in [1.54, 1.807) is 0 Å². The van der Waals surface area contributed by atoms with Crippen LogP contribution in [-0.4, -0.2) is 38.2 Å². The minimum Gasteiger partial charge on any atom is -0.467 e. The van der Waals surface area contributed by atoms with Gasteiger partial charge in [-0.3, -0.25) is 0 Å². The van der Waals surface area contributed by atoms with E-state index in [1.807, 2.05) is 0 Å². The molecule has 0 aromatic heterocycles. The van der Waals surface area contributed by atoms with E-state index in [1.165, 1.54) is 7.11 Å². The van der Waals surface area contributed by atoms with Crippen LogP contribution in [0.5, 0.6) is 0 Å². The Morgan fingerprint density at radius 3 is 2.45 bits per heavy atom. The minimum atomic E-state index is -1.97. The summed E-state index contributed by atoms with van der Waals surface area (Å²) in [6.07, 6.45) is 0.917. The number of carbonyl (C=O) groups is 1.